The van der Waals surface area contributed by atoms with E-state index in [2.05, 4.69) is 9.82 Å². The van der Waals surface area contributed by atoms with Crippen molar-refractivity contribution < 1.29 is 17.9 Å². The van der Waals surface area contributed by atoms with Gasteiger partial charge in [-0.2, -0.15) is 5.10 Å². The maximum atomic E-state index is 12.6. The van der Waals surface area contributed by atoms with Crippen LogP contribution in [0.25, 0.3) is 0 Å². The van der Waals surface area contributed by atoms with Crippen LogP contribution in [0.2, 0.25) is 0 Å². The van der Waals surface area contributed by atoms with Crippen molar-refractivity contribution in [3.8, 4) is 5.75 Å². The van der Waals surface area contributed by atoms with Crippen molar-refractivity contribution >= 4 is 15.9 Å². The number of nitrogens with zero attached hydrogens (tertiary/aromatic N) is 2. The van der Waals surface area contributed by atoms with E-state index in [1.165, 1.54) is 4.68 Å². The molecule has 0 fully saturated rings. The Kier molecular flexibility index (Phi) is 4.08. The molecule has 128 valence electrons. The average Bonchev–Trinajstić information content (AvgIpc) is 2.79. The van der Waals surface area contributed by atoms with Gasteiger partial charge in [-0.05, 0) is 31.9 Å². The number of aromatic nitrogens is 2. The third-order valence-electron chi connectivity index (χ3n) is 4.20. The Labute approximate surface area is 140 Å². The Morgan fingerprint density at radius 1 is 1.33 bits per heavy atom. The molecule has 7 nitrogen and oxygen atoms in total. The summed E-state index contributed by atoms with van der Waals surface area (Å²) in [5, 5.41) is 4.09. The molecule has 3 rings (SSSR count). The van der Waals surface area contributed by atoms with Gasteiger partial charge in [0.05, 0.1) is 17.3 Å². The smallest absolute Gasteiger partial charge is 0.267 e. The van der Waals surface area contributed by atoms with Crippen LogP contribution >= 0.6 is 0 Å². The molecule has 1 atom stereocenters. The molecule has 1 unspecified atom stereocenters. The number of carbonyl (C=O) groups is 1. The van der Waals surface area contributed by atoms with E-state index in [1.807, 2.05) is 24.3 Å². The zero-order chi connectivity index (χ0) is 17.5. The van der Waals surface area contributed by atoms with Gasteiger partial charge in [0.25, 0.3) is 10.0 Å². The lowest BCUT2D eigenvalue weighted by molar-refractivity contribution is -0.124. The molecule has 0 spiro atoms. The van der Waals surface area contributed by atoms with Crippen LogP contribution in [0.4, 0.5) is 0 Å². The Bertz CT molecular complexity index is 902. The van der Waals surface area contributed by atoms with Crippen LogP contribution < -0.4 is 9.46 Å². The van der Waals surface area contributed by atoms with Crippen LogP contribution in [0.5, 0.6) is 5.75 Å². The van der Waals surface area contributed by atoms with Gasteiger partial charge in [-0.15, -0.1) is 0 Å². The van der Waals surface area contributed by atoms with E-state index in [1.54, 1.807) is 20.9 Å². The first-order chi connectivity index (χ1) is 11.3. The van der Waals surface area contributed by atoms with Gasteiger partial charge in [0.2, 0.25) is 5.91 Å². The van der Waals surface area contributed by atoms with Crippen molar-refractivity contribution in [1.29, 1.82) is 0 Å². The van der Waals surface area contributed by atoms with E-state index in [-0.39, 0.29) is 11.5 Å². The molecule has 1 aliphatic heterocycles. The van der Waals surface area contributed by atoms with E-state index >= 15 is 0 Å². The van der Waals surface area contributed by atoms with Gasteiger partial charge in [-0.1, -0.05) is 18.2 Å². The molecule has 8 heteroatoms. The Balaban J connectivity index is 1.80. The lowest BCUT2D eigenvalue weighted by Gasteiger charge is -2.24. The van der Waals surface area contributed by atoms with Crippen LogP contribution in [-0.2, 0) is 28.3 Å². The van der Waals surface area contributed by atoms with E-state index < -0.39 is 21.8 Å². The first kappa shape index (κ1) is 16.5. The second kappa shape index (κ2) is 5.94. The lowest BCUT2D eigenvalue weighted by Crippen LogP contribution is -2.40. The first-order valence-corrected chi connectivity index (χ1v) is 9.05. The zero-order valence-electron chi connectivity index (χ0n) is 13.7. The topological polar surface area (TPSA) is 90.3 Å². The van der Waals surface area contributed by atoms with Gasteiger partial charge in [0.15, 0.2) is 0 Å². The van der Waals surface area contributed by atoms with Crippen molar-refractivity contribution in [1.82, 2.24) is 14.5 Å². The molecule has 0 radical (unpaired) electrons. The Morgan fingerprint density at radius 3 is 2.71 bits per heavy atom. The second-order valence-corrected chi connectivity index (χ2v) is 7.53. The summed E-state index contributed by atoms with van der Waals surface area (Å²) in [6.07, 6.45) is 0.447. The summed E-state index contributed by atoms with van der Waals surface area (Å²) < 4.78 is 34.3. The minimum absolute atomic E-state index is 0.0514. The maximum Gasteiger partial charge on any atom is 0.267 e. The van der Waals surface area contributed by atoms with Crippen molar-refractivity contribution in [2.75, 3.05) is 6.61 Å². The number of para-hydroxylation sites is 1. The number of fused-ring (bicyclic) bond motifs is 1. The van der Waals surface area contributed by atoms with Gasteiger partial charge in [-0.3, -0.25) is 9.48 Å². The van der Waals surface area contributed by atoms with Crippen LogP contribution in [0, 0.1) is 19.8 Å². The molecular weight excluding hydrogens is 330 g/mol. The number of sulfonamides is 1. The summed E-state index contributed by atoms with van der Waals surface area (Å²) in [6, 6.07) is 7.43. The predicted octanol–water partition coefficient (Wildman–Crippen LogP) is 1.09. The number of carbonyl (C=O) groups excluding carboxylic acids is 1. The van der Waals surface area contributed by atoms with Crippen LogP contribution in [0.1, 0.15) is 17.0 Å². The lowest BCUT2D eigenvalue weighted by atomic mass is 9.96. The fraction of sp³-hybridized carbons (Fsp3) is 0.375. The van der Waals surface area contributed by atoms with Gasteiger partial charge in [0, 0.05) is 7.05 Å². The molecule has 0 aliphatic carbocycles. The summed E-state index contributed by atoms with van der Waals surface area (Å²) >= 11 is 0. The summed E-state index contributed by atoms with van der Waals surface area (Å²) in [5.74, 6) is -0.373. The highest BCUT2D eigenvalue weighted by Gasteiger charge is 2.31. The van der Waals surface area contributed by atoms with Gasteiger partial charge in [0.1, 0.15) is 17.3 Å². The van der Waals surface area contributed by atoms with E-state index in [0.29, 0.717) is 17.8 Å². The minimum Gasteiger partial charge on any atom is -0.492 e. The Morgan fingerprint density at radius 2 is 2.04 bits per heavy atom. The molecule has 24 heavy (non-hydrogen) atoms. The summed E-state index contributed by atoms with van der Waals surface area (Å²) in [6.45, 7) is 3.41. The average molecular weight is 349 g/mol. The van der Waals surface area contributed by atoms with Crippen molar-refractivity contribution in [2.45, 2.75) is 25.2 Å². The molecule has 1 aromatic heterocycles. The summed E-state index contributed by atoms with van der Waals surface area (Å²) in [7, 11) is -2.30. The van der Waals surface area contributed by atoms with Crippen LogP contribution in [0.15, 0.2) is 29.2 Å². The molecular formula is C16H19N3O4S. The molecule has 1 aliphatic rings. The van der Waals surface area contributed by atoms with Gasteiger partial charge < -0.3 is 4.74 Å². The fourth-order valence-corrected chi connectivity index (χ4v) is 4.39. The number of benzene rings is 1. The summed E-state index contributed by atoms with van der Waals surface area (Å²) in [4.78, 5) is 12.5. The highest BCUT2D eigenvalue weighted by molar-refractivity contribution is 7.90. The molecule has 1 amide bonds. The number of hydrogen-bond acceptors (Lipinski definition) is 5. The fourth-order valence-electron chi connectivity index (χ4n) is 2.91. The van der Waals surface area contributed by atoms with Crippen molar-refractivity contribution in [3.63, 3.8) is 0 Å². The van der Waals surface area contributed by atoms with E-state index in [4.69, 9.17) is 4.74 Å². The van der Waals surface area contributed by atoms with Crippen molar-refractivity contribution in [2.24, 2.45) is 13.0 Å². The third kappa shape index (κ3) is 2.89. The van der Waals surface area contributed by atoms with Gasteiger partial charge >= 0.3 is 0 Å². The predicted molar refractivity (Wildman–Crippen MR) is 87.1 cm³/mol. The third-order valence-corrected chi connectivity index (χ3v) is 5.79. The van der Waals surface area contributed by atoms with Crippen LogP contribution in [0.3, 0.4) is 0 Å². The molecule has 1 aromatic carbocycles. The number of nitrogens with one attached hydrogen (secondary N) is 1. The molecule has 2 aromatic rings. The van der Waals surface area contributed by atoms with E-state index in [0.717, 1.165) is 11.3 Å². The number of hydrogen-bond donors (Lipinski definition) is 1. The normalized spacial score (nSPS) is 17.0. The molecule has 2 heterocycles. The first-order valence-electron chi connectivity index (χ1n) is 7.57. The molecule has 1 N–H and O–H groups in total. The second-order valence-electron chi connectivity index (χ2n) is 5.91. The number of amides is 1. The number of ether oxygens (including phenoxy) is 1. The van der Waals surface area contributed by atoms with Gasteiger partial charge in [-0.25, -0.2) is 13.1 Å². The largest absolute Gasteiger partial charge is 0.492 e. The van der Waals surface area contributed by atoms with E-state index in [9.17, 15) is 13.2 Å². The highest BCUT2D eigenvalue weighted by atomic mass is 32.2. The maximum absolute atomic E-state index is 12.6. The minimum atomic E-state index is -3.97. The summed E-state index contributed by atoms with van der Waals surface area (Å²) in [5.41, 5.74) is 1.74. The Hall–Kier alpha value is -2.35. The molecule has 0 bridgehead atoms. The monoisotopic (exact) mass is 349 g/mol. The highest BCUT2D eigenvalue weighted by Crippen LogP contribution is 2.27. The molecule has 0 saturated carbocycles. The number of aryl methyl sites for hydroxylation is 2. The standard InChI is InChI=1S/C16H19N3O4S/c1-10-15(11(2)19(3)17-10)24(21,22)18-16(20)13-8-12-6-4-5-7-14(12)23-9-13/h4-7,13H,8-9H2,1-3H3,(H,18,20). The molecule has 0 saturated heterocycles. The van der Waals surface area contributed by atoms with Crippen molar-refractivity contribution in [3.05, 3.63) is 41.2 Å². The van der Waals surface area contributed by atoms with Crippen LogP contribution in [-0.4, -0.2) is 30.7 Å². The zero-order valence-corrected chi connectivity index (χ0v) is 14.6. The number of rotatable bonds is 3. The quantitative estimate of drug-likeness (QED) is 0.896. The SMILES string of the molecule is Cc1nn(C)c(C)c1S(=O)(=O)NC(=O)C1COc2ccccc2C1.